The summed E-state index contributed by atoms with van der Waals surface area (Å²) in [4.78, 5) is 23.3. The van der Waals surface area contributed by atoms with Gasteiger partial charge in [-0.15, -0.1) is 0 Å². The van der Waals surface area contributed by atoms with Crippen LogP contribution in [0.4, 0.5) is 0 Å². The van der Waals surface area contributed by atoms with Crippen molar-refractivity contribution < 1.29 is 4.79 Å². The first-order chi connectivity index (χ1) is 11.3. The molecule has 0 spiro atoms. The quantitative estimate of drug-likeness (QED) is 0.581. The number of hydrogen-bond acceptors (Lipinski definition) is 3. The van der Waals surface area contributed by atoms with Crippen LogP contribution in [0.3, 0.4) is 0 Å². The summed E-state index contributed by atoms with van der Waals surface area (Å²) < 4.78 is 0. The zero-order chi connectivity index (χ0) is 17.7. The maximum atomic E-state index is 11.8. The number of aromatic amines is 2. The molecule has 1 amide bonds. The van der Waals surface area contributed by atoms with Crippen molar-refractivity contribution >= 4 is 12.1 Å². The maximum absolute atomic E-state index is 11.8. The fourth-order valence-corrected chi connectivity index (χ4v) is 2.32. The molecular weight excluding hydrogens is 304 g/mol. The zero-order valence-corrected chi connectivity index (χ0v) is 14.6. The second kappa shape index (κ2) is 7.29. The van der Waals surface area contributed by atoms with Crippen molar-refractivity contribution in [3.8, 4) is 0 Å². The molecule has 1 aromatic carbocycles. The van der Waals surface area contributed by atoms with Gasteiger partial charge in [0, 0.05) is 17.7 Å². The van der Waals surface area contributed by atoms with Crippen LogP contribution in [-0.4, -0.2) is 22.3 Å². The predicted molar refractivity (Wildman–Crippen MR) is 95.4 cm³/mol. The molecule has 3 N–H and O–H groups in total. The van der Waals surface area contributed by atoms with E-state index in [0.717, 1.165) is 11.3 Å². The summed E-state index contributed by atoms with van der Waals surface area (Å²) in [6, 6.07) is 8.06. The van der Waals surface area contributed by atoms with Crippen molar-refractivity contribution in [1.82, 2.24) is 15.6 Å². The number of rotatable bonds is 5. The van der Waals surface area contributed by atoms with Crippen molar-refractivity contribution in [2.24, 2.45) is 5.10 Å². The molecule has 2 rings (SSSR count). The largest absolute Gasteiger partial charge is 0.302 e. The summed E-state index contributed by atoms with van der Waals surface area (Å²) >= 11 is 0. The van der Waals surface area contributed by atoms with Gasteiger partial charge in [-0.05, 0) is 29.9 Å². The molecular formula is C18H24N4O2. The summed E-state index contributed by atoms with van der Waals surface area (Å²) in [6.45, 7) is 8.28. The molecule has 0 aliphatic rings. The Labute approximate surface area is 141 Å². The van der Waals surface area contributed by atoms with Gasteiger partial charge in [0.05, 0.1) is 6.21 Å². The zero-order valence-electron chi connectivity index (χ0n) is 14.6. The fraction of sp³-hybridized carbons (Fsp3) is 0.389. The van der Waals surface area contributed by atoms with Crippen LogP contribution in [0, 0.1) is 6.92 Å². The molecule has 0 atom stereocenters. The Morgan fingerprint density at radius 3 is 2.42 bits per heavy atom. The number of carbonyl (C=O) groups excluding carboxylic acids is 1. The number of nitrogens with one attached hydrogen (secondary N) is 3. The molecule has 0 radical (unpaired) electrons. The van der Waals surface area contributed by atoms with Crippen molar-refractivity contribution in [3.05, 3.63) is 57.0 Å². The third-order valence-electron chi connectivity index (χ3n) is 3.87. The number of hydrogen-bond donors (Lipinski definition) is 3. The lowest BCUT2D eigenvalue weighted by Gasteiger charge is -2.18. The molecule has 6 heteroatoms. The molecule has 0 aliphatic heterocycles. The van der Waals surface area contributed by atoms with E-state index in [1.165, 1.54) is 5.56 Å². The van der Waals surface area contributed by atoms with E-state index in [1.807, 2.05) is 12.1 Å². The van der Waals surface area contributed by atoms with Gasteiger partial charge >= 0.3 is 0 Å². The highest BCUT2D eigenvalue weighted by molar-refractivity contribution is 5.82. The Kier molecular flexibility index (Phi) is 5.39. The van der Waals surface area contributed by atoms with E-state index in [2.05, 4.69) is 53.6 Å². The SMILES string of the molecule is Cc1[nH][nH]c(=O)c1CCC(=O)NN=Cc1ccc(C(C)(C)C)cc1. The van der Waals surface area contributed by atoms with E-state index >= 15 is 0 Å². The number of carbonyl (C=O) groups is 1. The molecule has 0 aliphatic carbocycles. The van der Waals surface area contributed by atoms with Crippen LogP contribution in [0.15, 0.2) is 34.2 Å². The first-order valence-corrected chi connectivity index (χ1v) is 7.96. The van der Waals surface area contributed by atoms with Gasteiger partial charge in [0.25, 0.3) is 5.56 Å². The van der Waals surface area contributed by atoms with Gasteiger partial charge in [-0.1, -0.05) is 45.0 Å². The molecule has 128 valence electrons. The molecule has 1 heterocycles. The number of aryl methyl sites for hydroxylation is 1. The van der Waals surface area contributed by atoms with Crippen LogP contribution >= 0.6 is 0 Å². The minimum atomic E-state index is -0.224. The van der Waals surface area contributed by atoms with Crippen molar-refractivity contribution in [2.45, 2.75) is 46.0 Å². The summed E-state index contributed by atoms with van der Waals surface area (Å²) in [5, 5.41) is 9.20. The van der Waals surface area contributed by atoms with E-state index in [9.17, 15) is 9.59 Å². The lowest BCUT2D eigenvalue weighted by Crippen LogP contribution is -2.19. The highest BCUT2D eigenvalue weighted by atomic mass is 16.2. The average Bonchev–Trinajstić information content (AvgIpc) is 2.83. The Hall–Kier alpha value is -2.63. The Bertz CT molecular complexity index is 777. The molecule has 1 aromatic heterocycles. The summed E-state index contributed by atoms with van der Waals surface area (Å²) in [7, 11) is 0. The van der Waals surface area contributed by atoms with Crippen molar-refractivity contribution in [1.29, 1.82) is 0 Å². The molecule has 2 aromatic rings. The first kappa shape index (κ1) is 17.7. The van der Waals surface area contributed by atoms with Crippen LogP contribution in [0.1, 0.15) is 49.6 Å². The molecule has 6 nitrogen and oxygen atoms in total. The second-order valence-electron chi connectivity index (χ2n) is 6.85. The fourth-order valence-electron chi connectivity index (χ4n) is 2.32. The molecule has 0 fully saturated rings. The second-order valence-corrected chi connectivity index (χ2v) is 6.85. The van der Waals surface area contributed by atoms with E-state index in [0.29, 0.717) is 12.0 Å². The van der Waals surface area contributed by atoms with E-state index in [1.54, 1.807) is 13.1 Å². The average molecular weight is 328 g/mol. The van der Waals surface area contributed by atoms with Crippen LogP contribution in [0.25, 0.3) is 0 Å². The van der Waals surface area contributed by atoms with Crippen molar-refractivity contribution in [2.75, 3.05) is 0 Å². The van der Waals surface area contributed by atoms with Gasteiger partial charge in [0.1, 0.15) is 0 Å². The normalized spacial score (nSPS) is 11.8. The lowest BCUT2D eigenvalue weighted by molar-refractivity contribution is -0.121. The van der Waals surface area contributed by atoms with Gasteiger partial charge in [-0.25, -0.2) is 5.43 Å². The van der Waals surface area contributed by atoms with Gasteiger partial charge in [-0.3, -0.25) is 14.7 Å². The maximum Gasteiger partial charge on any atom is 0.267 e. The molecule has 0 bridgehead atoms. The van der Waals surface area contributed by atoms with Crippen LogP contribution in [0.2, 0.25) is 0 Å². The number of aromatic nitrogens is 2. The molecule has 24 heavy (non-hydrogen) atoms. The van der Waals surface area contributed by atoms with E-state index in [4.69, 9.17) is 0 Å². The molecule has 0 unspecified atom stereocenters. The Balaban J connectivity index is 1.85. The third kappa shape index (κ3) is 4.68. The number of hydrazone groups is 1. The highest BCUT2D eigenvalue weighted by Gasteiger charge is 2.12. The number of H-pyrrole nitrogens is 2. The standard InChI is InChI=1S/C18H24N4O2/c1-12-15(17(24)22-20-12)9-10-16(23)21-19-11-13-5-7-14(8-6-13)18(2,3)4/h5-8,11H,9-10H2,1-4H3,(H,21,23)(H2,20,22,24). The minimum Gasteiger partial charge on any atom is -0.302 e. The smallest absolute Gasteiger partial charge is 0.267 e. The Morgan fingerprint density at radius 1 is 1.21 bits per heavy atom. The van der Waals surface area contributed by atoms with Crippen LogP contribution < -0.4 is 11.0 Å². The van der Waals surface area contributed by atoms with Crippen LogP contribution in [0.5, 0.6) is 0 Å². The van der Waals surface area contributed by atoms with Gasteiger partial charge < -0.3 is 5.10 Å². The minimum absolute atomic E-state index is 0.109. The van der Waals surface area contributed by atoms with Gasteiger partial charge in [0.15, 0.2) is 0 Å². The van der Waals surface area contributed by atoms with Crippen LogP contribution in [-0.2, 0) is 16.6 Å². The first-order valence-electron chi connectivity index (χ1n) is 7.96. The monoisotopic (exact) mass is 328 g/mol. The Morgan fingerprint density at radius 2 is 1.88 bits per heavy atom. The van der Waals surface area contributed by atoms with E-state index in [-0.39, 0.29) is 23.3 Å². The predicted octanol–water partition coefficient (Wildman–Crippen LogP) is 2.39. The van der Waals surface area contributed by atoms with E-state index < -0.39 is 0 Å². The topological polar surface area (TPSA) is 90.1 Å². The van der Waals surface area contributed by atoms with Gasteiger partial charge in [0.2, 0.25) is 5.91 Å². The molecule has 0 saturated carbocycles. The summed E-state index contributed by atoms with van der Waals surface area (Å²) in [5.41, 5.74) is 5.94. The summed E-state index contributed by atoms with van der Waals surface area (Å²) in [6.07, 6.45) is 2.20. The lowest BCUT2D eigenvalue weighted by atomic mass is 9.87. The summed E-state index contributed by atoms with van der Waals surface area (Å²) in [5.74, 6) is -0.224. The number of amides is 1. The highest BCUT2D eigenvalue weighted by Crippen LogP contribution is 2.21. The third-order valence-corrected chi connectivity index (χ3v) is 3.87. The van der Waals surface area contributed by atoms with Gasteiger partial charge in [-0.2, -0.15) is 5.10 Å². The number of benzene rings is 1. The van der Waals surface area contributed by atoms with Crippen molar-refractivity contribution in [3.63, 3.8) is 0 Å². The number of nitrogens with zero attached hydrogens (tertiary/aromatic N) is 1. The molecule has 0 saturated heterocycles.